The van der Waals surface area contributed by atoms with Gasteiger partial charge in [0.25, 0.3) is 0 Å². The lowest BCUT2D eigenvalue weighted by Crippen LogP contribution is -2.81. The second kappa shape index (κ2) is 16.8. The van der Waals surface area contributed by atoms with Crippen molar-refractivity contribution in [2.24, 2.45) is 9.98 Å². The quantitative estimate of drug-likeness (QED) is 0.137. The Kier molecular flexibility index (Phi) is 10.3. The van der Waals surface area contributed by atoms with Crippen molar-refractivity contribution in [2.45, 2.75) is 12.2 Å². The summed E-state index contributed by atoms with van der Waals surface area (Å²) < 4.78 is 0. The van der Waals surface area contributed by atoms with Crippen molar-refractivity contribution >= 4 is 17.4 Å². The molecular weight excluding hydrogens is 733 g/mol. The van der Waals surface area contributed by atoms with Gasteiger partial charge in [-0.3, -0.25) is 0 Å². The number of pyridine rings is 1. The minimum absolute atomic E-state index is 0.200. The highest BCUT2D eigenvalue weighted by Gasteiger charge is 2.22. The summed E-state index contributed by atoms with van der Waals surface area (Å²) >= 11 is 0. The fraction of sp³-hybridized carbons (Fsp3) is 0.0556. The number of amidine groups is 2. The second-order valence-electron chi connectivity index (χ2n) is 15.2. The molecule has 60 heavy (non-hydrogen) atoms. The van der Waals surface area contributed by atoms with E-state index in [-0.39, 0.29) is 12.2 Å². The molecule has 5 N–H and O–H groups in total. The number of aliphatic imine (C=N–C) groups is 2. The van der Waals surface area contributed by atoms with Gasteiger partial charge in [-0.25, -0.2) is 15.0 Å². The predicted octanol–water partition coefficient (Wildman–Crippen LogP) is 9.41. The zero-order chi connectivity index (χ0) is 40.1. The number of quaternary nitrogens is 2. The molecule has 7 aromatic rings. The smallest absolute Gasteiger partial charge is 0.159 e. The molecule has 3 aliphatic heterocycles. The van der Waals surface area contributed by atoms with Gasteiger partial charge < -0.3 is 16.0 Å². The van der Waals surface area contributed by atoms with Crippen LogP contribution < -0.4 is 16.0 Å². The van der Waals surface area contributed by atoms with Crippen LogP contribution in [-0.4, -0.2) is 23.2 Å². The van der Waals surface area contributed by atoms with Gasteiger partial charge in [-0.1, -0.05) is 140 Å². The predicted molar refractivity (Wildman–Crippen MR) is 245 cm³/mol. The third kappa shape index (κ3) is 7.98. The molecule has 1 aromatic heterocycles. The molecule has 288 valence electrons. The average molecular weight is 777 g/mol. The first-order valence-corrected chi connectivity index (χ1v) is 20.6. The maximum absolute atomic E-state index is 5.33. The minimum Gasteiger partial charge on any atom is -0.344 e. The van der Waals surface area contributed by atoms with Crippen LogP contribution in [-0.2, 0) is 0 Å². The first kappa shape index (κ1) is 36.8. The summed E-state index contributed by atoms with van der Waals surface area (Å²) in [4.78, 5) is 15.5. The molecule has 6 aromatic carbocycles. The summed E-state index contributed by atoms with van der Waals surface area (Å²) in [6.45, 7) is 0.932. The van der Waals surface area contributed by atoms with Crippen molar-refractivity contribution in [3.8, 4) is 44.8 Å². The number of allylic oxidation sites excluding steroid dienone is 4. The number of nitrogens with two attached hydrogens (primary N) is 2. The van der Waals surface area contributed by atoms with Crippen molar-refractivity contribution in [3.05, 3.63) is 240 Å². The Morgan fingerprint density at radius 2 is 1.12 bits per heavy atom. The standard InChI is InChI=1S/C54H42N6/c1-4-16-37(17-5-1)50-35-45(44-32-46(48-26-10-12-28-55-48)34-47(33-44)49-27-11-13-29-56-49)36-51(57-50)42-24-14-22-40(30-42)41-23-15-25-43(31-41)54-59-52(38-18-6-2-7-19-38)58-53(60-54)39-20-8-3-9-21-39/h1-28,30-36,48,52,55-56H,29H2,(H,58,59,60)/p+2. The van der Waals surface area contributed by atoms with Crippen molar-refractivity contribution in [1.29, 1.82) is 0 Å². The van der Waals surface area contributed by atoms with E-state index in [1.54, 1.807) is 0 Å². The Morgan fingerprint density at radius 1 is 0.500 bits per heavy atom. The lowest BCUT2D eigenvalue weighted by Gasteiger charge is -2.23. The molecule has 0 radical (unpaired) electrons. The molecule has 0 bridgehead atoms. The molecule has 6 heteroatoms. The van der Waals surface area contributed by atoms with Crippen LogP contribution in [0.25, 0.3) is 50.5 Å². The highest BCUT2D eigenvalue weighted by Crippen LogP contribution is 2.35. The summed E-state index contributed by atoms with van der Waals surface area (Å²) in [5.41, 5.74) is 15.2. The first-order chi connectivity index (χ1) is 29.7. The van der Waals surface area contributed by atoms with Crippen LogP contribution in [0.4, 0.5) is 0 Å². The Labute approximate surface area is 350 Å². The zero-order valence-electron chi connectivity index (χ0n) is 33.1. The Morgan fingerprint density at radius 3 is 1.83 bits per heavy atom. The monoisotopic (exact) mass is 776 g/mol. The molecule has 0 aliphatic carbocycles. The summed E-state index contributed by atoms with van der Waals surface area (Å²) in [6.07, 6.45) is 14.9. The molecule has 6 nitrogen and oxygen atoms in total. The van der Waals surface area contributed by atoms with Crippen LogP contribution in [0.1, 0.15) is 40.0 Å². The van der Waals surface area contributed by atoms with Gasteiger partial charge in [0.1, 0.15) is 23.7 Å². The Balaban J connectivity index is 1.05. The normalized spacial score (nSPS) is 17.0. The fourth-order valence-corrected chi connectivity index (χ4v) is 8.05. The first-order valence-electron chi connectivity index (χ1n) is 20.6. The zero-order valence-corrected chi connectivity index (χ0v) is 33.1. The van der Waals surface area contributed by atoms with Gasteiger partial charge in [0, 0.05) is 33.4 Å². The molecule has 0 spiro atoms. The maximum atomic E-state index is 5.33. The minimum atomic E-state index is -0.265. The van der Waals surface area contributed by atoms with E-state index in [2.05, 4.69) is 192 Å². The molecule has 2 unspecified atom stereocenters. The Hall–Kier alpha value is -7.51. The molecular formula is C54H44N6+2. The third-order valence-electron chi connectivity index (χ3n) is 11.2. The second-order valence-corrected chi connectivity index (χ2v) is 15.2. The van der Waals surface area contributed by atoms with Gasteiger partial charge in [-0.2, -0.15) is 0 Å². The van der Waals surface area contributed by atoms with Gasteiger partial charge in [-0.15, -0.1) is 0 Å². The summed E-state index contributed by atoms with van der Waals surface area (Å²) in [5.74, 6) is 1.49. The largest absolute Gasteiger partial charge is 0.344 e. The van der Waals surface area contributed by atoms with Gasteiger partial charge in [0.15, 0.2) is 5.84 Å². The molecule has 0 saturated carbocycles. The summed E-state index contributed by atoms with van der Waals surface area (Å²) in [5, 5.41) is 8.15. The Bertz CT molecular complexity index is 2870. The van der Waals surface area contributed by atoms with Gasteiger partial charge in [0.05, 0.1) is 24.1 Å². The SMILES string of the molecule is C1=CC[NH2+]C(c2cc(-c3cc(-c4ccccc4)nc(-c4cccc(-c5cccc(C6=NC(c7ccccc7)NC(c7ccccc7)=N6)c5)c4)c3)cc(C3C=CC=C[NH2+]3)c2)=C1. The maximum Gasteiger partial charge on any atom is 0.159 e. The van der Waals surface area contributed by atoms with Crippen LogP contribution in [0, 0.1) is 0 Å². The summed E-state index contributed by atoms with van der Waals surface area (Å²) in [6, 6.07) is 60.0. The highest BCUT2D eigenvalue weighted by atomic mass is 15.2. The van der Waals surface area contributed by atoms with Crippen molar-refractivity contribution in [2.75, 3.05) is 6.54 Å². The van der Waals surface area contributed by atoms with E-state index in [0.717, 1.165) is 68.3 Å². The molecule has 0 amide bonds. The topological polar surface area (TPSA) is 82.9 Å². The highest BCUT2D eigenvalue weighted by molar-refractivity contribution is 6.13. The van der Waals surface area contributed by atoms with Crippen molar-refractivity contribution < 1.29 is 10.6 Å². The lowest BCUT2D eigenvalue weighted by atomic mass is 9.92. The van der Waals surface area contributed by atoms with E-state index >= 15 is 0 Å². The fourth-order valence-electron chi connectivity index (χ4n) is 8.05. The van der Waals surface area contributed by atoms with E-state index < -0.39 is 0 Å². The molecule has 3 aliphatic rings. The van der Waals surface area contributed by atoms with Crippen molar-refractivity contribution in [1.82, 2.24) is 10.3 Å². The van der Waals surface area contributed by atoms with E-state index in [1.807, 2.05) is 36.4 Å². The van der Waals surface area contributed by atoms with Crippen molar-refractivity contribution in [3.63, 3.8) is 0 Å². The number of benzene rings is 6. The van der Waals surface area contributed by atoms with E-state index in [0.29, 0.717) is 5.84 Å². The summed E-state index contributed by atoms with van der Waals surface area (Å²) in [7, 11) is 0. The molecule has 2 atom stereocenters. The van der Waals surface area contributed by atoms with Crippen LogP contribution in [0.5, 0.6) is 0 Å². The lowest BCUT2D eigenvalue weighted by molar-refractivity contribution is -0.622. The van der Waals surface area contributed by atoms with Crippen LogP contribution >= 0.6 is 0 Å². The number of hydrogen-bond acceptors (Lipinski definition) is 4. The van der Waals surface area contributed by atoms with Crippen LogP contribution in [0.3, 0.4) is 0 Å². The van der Waals surface area contributed by atoms with Crippen LogP contribution in [0.2, 0.25) is 0 Å². The average Bonchev–Trinajstić information content (AvgIpc) is 3.35. The number of nitrogens with one attached hydrogen (secondary N) is 1. The number of aromatic nitrogens is 1. The van der Waals surface area contributed by atoms with E-state index in [9.17, 15) is 0 Å². The van der Waals surface area contributed by atoms with Gasteiger partial charge in [-0.05, 0) is 94.6 Å². The third-order valence-corrected chi connectivity index (χ3v) is 11.2. The number of rotatable bonds is 9. The van der Waals surface area contributed by atoms with E-state index in [1.165, 1.54) is 22.4 Å². The van der Waals surface area contributed by atoms with Gasteiger partial charge >= 0.3 is 0 Å². The number of nitrogens with zero attached hydrogens (tertiary/aromatic N) is 3. The molecule has 0 fully saturated rings. The van der Waals surface area contributed by atoms with E-state index in [4.69, 9.17) is 15.0 Å². The molecule has 4 heterocycles. The van der Waals surface area contributed by atoms with Crippen LogP contribution in [0.15, 0.2) is 222 Å². The molecule has 0 saturated heterocycles. The van der Waals surface area contributed by atoms with Gasteiger partial charge in [0.2, 0.25) is 0 Å². The number of hydrogen-bond donors (Lipinski definition) is 3. The molecule has 10 rings (SSSR count).